The minimum atomic E-state index is 0. The number of anilines is 1. The molecule has 0 bridgehead atoms. The molecule has 1 aliphatic heterocycles. The van der Waals surface area contributed by atoms with Crippen molar-refractivity contribution in [3.63, 3.8) is 0 Å². The average molecular weight is 485 g/mol. The van der Waals surface area contributed by atoms with E-state index in [0.29, 0.717) is 19.8 Å². The fourth-order valence-corrected chi connectivity index (χ4v) is 3.12. The van der Waals surface area contributed by atoms with Gasteiger partial charge >= 0.3 is 0 Å². The van der Waals surface area contributed by atoms with Crippen molar-refractivity contribution in [2.75, 3.05) is 31.6 Å². The molecule has 140 valence electrons. The number of aliphatic imine (C=N–C) groups is 1. The van der Waals surface area contributed by atoms with Crippen LogP contribution in [0.2, 0.25) is 0 Å². The van der Waals surface area contributed by atoms with E-state index in [4.69, 9.17) is 9.47 Å². The first-order chi connectivity index (χ1) is 12.3. The number of nitrogens with one attached hydrogen (secondary N) is 2. The lowest BCUT2D eigenvalue weighted by Crippen LogP contribution is -2.31. The standard InChI is InChI=1S/C19H23N3O2S.HI/c1-2-9-20-19(21-10-8-16-5-3-13-25-16)22-15-6-7-17-18(14-15)24-12-4-11-23-17;/h2-3,5-7,13-14H,1,4,8-12H2,(H2,20,21,22);1H. The molecule has 2 aromatic rings. The quantitative estimate of drug-likeness (QED) is 0.277. The van der Waals surface area contributed by atoms with E-state index in [0.717, 1.165) is 42.5 Å². The molecule has 0 radical (unpaired) electrons. The first-order valence-corrected chi connectivity index (χ1v) is 9.31. The summed E-state index contributed by atoms with van der Waals surface area (Å²) in [5, 5.41) is 8.66. The molecule has 2 heterocycles. The summed E-state index contributed by atoms with van der Waals surface area (Å²) >= 11 is 1.76. The Balaban J connectivity index is 0.00000243. The van der Waals surface area contributed by atoms with Crippen molar-refractivity contribution in [3.8, 4) is 11.5 Å². The van der Waals surface area contributed by atoms with E-state index in [2.05, 4.69) is 39.7 Å². The molecule has 26 heavy (non-hydrogen) atoms. The number of benzene rings is 1. The second kappa shape index (κ2) is 11.1. The summed E-state index contributed by atoms with van der Waals surface area (Å²) in [6.07, 6.45) is 3.64. The number of hydrogen-bond acceptors (Lipinski definition) is 4. The van der Waals surface area contributed by atoms with Gasteiger partial charge in [0, 0.05) is 42.6 Å². The Morgan fingerprint density at radius 2 is 2.08 bits per heavy atom. The number of thiophene rings is 1. The molecule has 1 aliphatic rings. The van der Waals surface area contributed by atoms with Crippen LogP contribution in [-0.4, -0.2) is 32.3 Å². The van der Waals surface area contributed by atoms with Crippen molar-refractivity contribution >= 4 is 47.0 Å². The number of halogens is 1. The Morgan fingerprint density at radius 1 is 1.23 bits per heavy atom. The SMILES string of the molecule is C=CCNC(=NCCc1cccs1)Nc1ccc2c(c1)OCCCO2.I. The number of fused-ring (bicyclic) bond motifs is 1. The Labute approximate surface area is 175 Å². The van der Waals surface area contributed by atoms with Crippen LogP contribution in [0.1, 0.15) is 11.3 Å². The Kier molecular flexibility index (Phi) is 8.76. The predicted octanol–water partition coefficient (Wildman–Crippen LogP) is 4.31. The van der Waals surface area contributed by atoms with Crippen LogP contribution in [0.25, 0.3) is 0 Å². The molecule has 1 aromatic carbocycles. The lowest BCUT2D eigenvalue weighted by atomic mass is 10.2. The van der Waals surface area contributed by atoms with Gasteiger partial charge in [-0.2, -0.15) is 0 Å². The number of guanidine groups is 1. The monoisotopic (exact) mass is 485 g/mol. The molecular weight excluding hydrogens is 461 g/mol. The Hall–Kier alpha value is -1.74. The summed E-state index contributed by atoms with van der Waals surface area (Å²) in [5.41, 5.74) is 0.913. The van der Waals surface area contributed by atoms with E-state index in [1.54, 1.807) is 11.3 Å². The van der Waals surface area contributed by atoms with E-state index < -0.39 is 0 Å². The molecule has 0 unspecified atom stereocenters. The fourth-order valence-electron chi connectivity index (χ4n) is 2.42. The van der Waals surface area contributed by atoms with Gasteiger partial charge < -0.3 is 20.1 Å². The van der Waals surface area contributed by atoms with Crippen LogP contribution in [0.15, 0.2) is 53.4 Å². The van der Waals surface area contributed by atoms with Crippen LogP contribution in [0, 0.1) is 0 Å². The third-order valence-corrected chi connectivity index (χ3v) is 4.57. The molecule has 3 rings (SSSR count). The molecule has 0 aliphatic carbocycles. The molecule has 1 aromatic heterocycles. The van der Waals surface area contributed by atoms with Crippen molar-refractivity contribution in [2.24, 2.45) is 4.99 Å². The zero-order valence-corrected chi connectivity index (χ0v) is 17.7. The molecule has 0 saturated carbocycles. The van der Waals surface area contributed by atoms with Crippen molar-refractivity contribution in [1.29, 1.82) is 0 Å². The highest BCUT2D eigenvalue weighted by molar-refractivity contribution is 14.0. The van der Waals surface area contributed by atoms with Gasteiger partial charge in [-0.15, -0.1) is 41.9 Å². The van der Waals surface area contributed by atoms with Crippen LogP contribution in [0.5, 0.6) is 11.5 Å². The number of hydrogen-bond donors (Lipinski definition) is 2. The lowest BCUT2D eigenvalue weighted by Gasteiger charge is -2.13. The van der Waals surface area contributed by atoms with Crippen LogP contribution in [0.4, 0.5) is 5.69 Å². The minimum absolute atomic E-state index is 0. The summed E-state index contributed by atoms with van der Waals surface area (Å²) in [6, 6.07) is 10.0. The molecule has 2 N–H and O–H groups in total. The van der Waals surface area contributed by atoms with Crippen molar-refractivity contribution in [1.82, 2.24) is 5.32 Å². The molecule has 0 amide bonds. The minimum Gasteiger partial charge on any atom is -0.490 e. The van der Waals surface area contributed by atoms with Crippen molar-refractivity contribution in [3.05, 3.63) is 53.2 Å². The molecule has 0 fully saturated rings. The van der Waals surface area contributed by atoms with Gasteiger partial charge in [0.1, 0.15) is 0 Å². The maximum absolute atomic E-state index is 5.74. The molecule has 7 heteroatoms. The average Bonchev–Trinajstić information content (AvgIpc) is 3.03. The van der Waals surface area contributed by atoms with Gasteiger partial charge in [0.15, 0.2) is 17.5 Å². The normalized spacial score (nSPS) is 13.3. The summed E-state index contributed by atoms with van der Waals surface area (Å²) in [5.74, 6) is 2.29. The second-order valence-electron chi connectivity index (χ2n) is 5.57. The van der Waals surface area contributed by atoms with E-state index in [1.807, 2.05) is 24.3 Å². The van der Waals surface area contributed by atoms with Crippen LogP contribution < -0.4 is 20.1 Å². The van der Waals surface area contributed by atoms with Gasteiger partial charge in [0.05, 0.1) is 13.2 Å². The Bertz CT molecular complexity index is 720. The maximum Gasteiger partial charge on any atom is 0.196 e. The fraction of sp³-hybridized carbons (Fsp3) is 0.316. The summed E-state index contributed by atoms with van der Waals surface area (Å²) in [4.78, 5) is 5.98. The zero-order valence-electron chi connectivity index (χ0n) is 14.6. The predicted molar refractivity (Wildman–Crippen MR) is 120 cm³/mol. The first kappa shape index (κ1) is 20.6. The largest absolute Gasteiger partial charge is 0.490 e. The van der Waals surface area contributed by atoms with E-state index in [-0.39, 0.29) is 24.0 Å². The van der Waals surface area contributed by atoms with Crippen molar-refractivity contribution in [2.45, 2.75) is 12.8 Å². The van der Waals surface area contributed by atoms with Gasteiger partial charge in [0.2, 0.25) is 0 Å². The summed E-state index contributed by atoms with van der Waals surface area (Å²) in [7, 11) is 0. The highest BCUT2D eigenvalue weighted by Crippen LogP contribution is 2.32. The highest BCUT2D eigenvalue weighted by atomic mass is 127. The number of rotatable bonds is 6. The first-order valence-electron chi connectivity index (χ1n) is 8.43. The van der Waals surface area contributed by atoms with Crippen molar-refractivity contribution < 1.29 is 9.47 Å². The second-order valence-corrected chi connectivity index (χ2v) is 6.60. The van der Waals surface area contributed by atoms with Gasteiger partial charge in [-0.25, -0.2) is 0 Å². The molecular formula is C19H24IN3O2S. The van der Waals surface area contributed by atoms with Gasteiger partial charge in [-0.3, -0.25) is 4.99 Å². The molecule has 0 saturated heterocycles. The van der Waals surface area contributed by atoms with Crippen LogP contribution in [-0.2, 0) is 6.42 Å². The number of nitrogens with zero attached hydrogens (tertiary/aromatic N) is 1. The molecule has 0 spiro atoms. The van der Waals surface area contributed by atoms with E-state index in [1.165, 1.54) is 4.88 Å². The van der Waals surface area contributed by atoms with Crippen LogP contribution >= 0.6 is 35.3 Å². The van der Waals surface area contributed by atoms with Crippen LogP contribution in [0.3, 0.4) is 0 Å². The van der Waals surface area contributed by atoms with Gasteiger partial charge in [-0.05, 0) is 23.6 Å². The number of ether oxygens (including phenoxy) is 2. The third kappa shape index (κ3) is 6.21. The summed E-state index contributed by atoms with van der Waals surface area (Å²) < 4.78 is 11.4. The summed E-state index contributed by atoms with van der Waals surface area (Å²) in [6.45, 7) is 6.48. The van der Waals surface area contributed by atoms with E-state index in [9.17, 15) is 0 Å². The lowest BCUT2D eigenvalue weighted by molar-refractivity contribution is 0.297. The van der Waals surface area contributed by atoms with Gasteiger partial charge in [0.25, 0.3) is 0 Å². The van der Waals surface area contributed by atoms with E-state index >= 15 is 0 Å². The molecule has 0 atom stereocenters. The zero-order chi connectivity index (χ0) is 17.3. The third-order valence-electron chi connectivity index (χ3n) is 3.63. The topological polar surface area (TPSA) is 54.9 Å². The van der Waals surface area contributed by atoms with Gasteiger partial charge in [-0.1, -0.05) is 12.1 Å². The molecule has 5 nitrogen and oxygen atoms in total. The highest BCUT2D eigenvalue weighted by Gasteiger charge is 2.11. The Morgan fingerprint density at radius 3 is 2.85 bits per heavy atom. The smallest absolute Gasteiger partial charge is 0.196 e. The maximum atomic E-state index is 5.74.